The summed E-state index contributed by atoms with van der Waals surface area (Å²) in [6, 6.07) is 16.2. The van der Waals surface area contributed by atoms with Crippen molar-refractivity contribution in [3.05, 3.63) is 130 Å². The zero-order valence-electron chi connectivity index (χ0n) is 27.4. The molecule has 13 heteroatoms. The Morgan fingerprint density at radius 1 is 0.620 bits per heavy atom. The van der Waals surface area contributed by atoms with Crippen LogP contribution in [0.3, 0.4) is 0 Å². The number of benzene rings is 4. The summed E-state index contributed by atoms with van der Waals surface area (Å²) in [4.78, 5) is 22.5. The third kappa shape index (κ3) is 16.5. The van der Waals surface area contributed by atoms with Gasteiger partial charge in [0.05, 0.1) is 16.5 Å². The minimum Gasteiger partial charge on any atom is -0.508 e. The van der Waals surface area contributed by atoms with E-state index in [0.29, 0.717) is 29.8 Å². The third-order valence-corrected chi connectivity index (χ3v) is 6.66. The van der Waals surface area contributed by atoms with Gasteiger partial charge in [-0.25, -0.2) is 35.9 Å². The van der Waals surface area contributed by atoms with Gasteiger partial charge in [0.1, 0.15) is 11.5 Å². The molecule has 0 spiro atoms. The lowest BCUT2D eigenvalue weighted by Gasteiger charge is -2.06. The average Bonchev–Trinajstić information content (AvgIpc) is 3.08. The molecule has 4 rings (SSSR count). The minimum absolute atomic E-state index is 0.194. The Morgan fingerprint density at radius 3 is 1.34 bits per heavy atom. The molecule has 0 saturated carbocycles. The molecule has 0 atom stereocenters. The molecule has 0 amide bonds. The molecule has 272 valence electrons. The second-order valence-corrected chi connectivity index (χ2v) is 11.3. The van der Waals surface area contributed by atoms with Gasteiger partial charge in [-0.1, -0.05) is 63.8 Å². The molecule has 0 aliphatic heterocycles. The Bertz CT molecular complexity index is 1570. The maximum absolute atomic E-state index is 13.1. The number of carbonyl (C=O) groups excluding carboxylic acids is 1. The molecule has 0 heterocycles. The molecule has 50 heavy (non-hydrogen) atoms. The van der Waals surface area contributed by atoms with Crippen LogP contribution in [0.15, 0.2) is 72.8 Å². The Balaban J connectivity index is 0.000000393. The largest absolute Gasteiger partial charge is 0.508 e. The summed E-state index contributed by atoms with van der Waals surface area (Å²) in [5.74, 6) is -11.4. The van der Waals surface area contributed by atoms with E-state index in [-0.39, 0.29) is 16.7 Å². The molecule has 4 aromatic carbocycles. The van der Waals surface area contributed by atoms with Gasteiger partial charge in [-0.3, -0.25) is 0 Å². The zero-order chi connectivity index (χ0) is 37.6. The number of phenolic OH excluding ortho intramolecular Hbond substituents is 1. The topological polar surface area (TPSA) is 83.8 Å². The lowest BCUT2D eigenvalue weighted by atomic mass is 10.1. The van der Waals surface area contributed by atoms with Gasteiger partial charge >= 0.3 is 11.9 Å². The molecule has 4 aromatic rings. The van der Waals surface area contributed by atoms with Crippen molar-refractivity contribution in [3.63, 3.8) is 0 Å². The van der Waals surface area contributed by atoms with E-state index in [4.69, 9.17) is 38.2 Å². The van der Waals surface area contributed by atoms with E-state index < -0.39 is 52.6 Å². The molecule has 0 aromatic heterocycles. The van der Waals surface area contributed by atoms with Crippen molar-refractivity contribution in [2.45, 2.75) is 65.2 Å². The van der Waals surface area contributed by atoms with Gasteiger partial charge < -0.3 is 14.9 Å². The number of aromatic carboxylic acids is 1. The number of carboxylic acids is 1. The summed E-state index contributed by atoms with van der Waals surface area (Å²) in [7, 11) is 0. The highest BCUT2D eigenvalue weighted by Gasteiger charge is 2.15. The Labute approximate surface area is 297 Å². The maximum Gasteiger partial charge on any atom is 0.343 e. The monoisotopic (exact) mass is 746 g/mol. The lowest BCUT2D eigenvalue weighted by molar-refractivity contribution is 0.0694. The fraction of sp³-hybridized carbons (Fsp3) is 0.297. The van der Waals surface area contributed by atoms with Crippen LogP contribution >= 0.6 is 23.2 Å². The van der Waals surface area contributed by atoms with Crippen molar-refractivity contribution >= 4 is 35.1 Å². The van der Waals surface area contributed by atoms with E-state index in [2.05, 4.69) is 13.8 Å². The Kier molecular flexibility index (Phi) is 21.0. The van der Waals surface area contributed by atoms with E-state index in [1.807, 2.05) is 24.3 Å². The summed E-state index contributed by atoms with van der Waals surface area (Å²) >= 11 is 9.53. The van der Waals surface area contributed by atoms with Gasteiger partial charge in [-0.15, -0.1) is 23.2 Å². The fourth-order valence-corrected chi connectivity index (χ4v) is 4.08. The Hall–Kier alpha value is -4.22. The van der Waals surface area contributed by atoms with Gasteiger partial charge in [-0.2, -0.15) is 0 Å². The summed E-state index contributed by atoms with van der Waals surface area (Å²) in [5, 5.41) is 17.4. The van der Waals surface area contributed by atoms with Crippen molar-refractivity contribution in [1.29, 1.82) is 0 Å². The van der Waals surface area contributed by atoms with Crippen LogP contribution in [0, 0.1) is 34.9 Å². The number of aromatic hydroxyl groups is 1. The number of unbranched alkanes of at least 4 members (excludes halogenated alkanes) is 4. The van der Waals surface area contributed by atoms with Crippen LogP contribution in [0.25, 0.3) is 0 Å². The molecule has 0 fully saturated rings. The zero-order valence-corrected chi connectivity index (χ0v) is 28.9. The minimum atomic E-state index is -1.60. The first kappa shape index (κ1) is 43.8. The number of halogens is 8. The second-order valence-electron chi connectivity index (χ2n) is 10.5. The van der Waals surface area contributed by atoms with Crippen molar-refractivity contribution in [2.24, 2.45) is 0 Å². The van der Waals surface area contributed by atoms with Crippen LogP contribution in [-0.4, -0.2) is 27.5 Å². The van der Waals surface area contributed by atoms with Crippen LogP contribution in [0.4, 0.5) is 26.3 Å². The van der Waals surface area contributed by atoms with Crippen LogP contribution in [0.1, 0.15) is 84.2 Å². The van der Waals surface area contributed by atoms with Crippen molar-refractivity contribution in [1.82, 2.24) is 0 Å². The van der Waals surface area contributed by atoms with Crippen LogP contribution in [-0.2, 0) is 12.8 Å². The number of hydrogen-bond donors (Lipinski definition) is 2. The van der Waals surface area contributed by atoms with Gasteiger partial charge in [0.25, 0.3) is 0 Å². The third-order valence-electron chi connectivity index (χ3n) is 6.66. The number of phenols is 1. The van der Waals surface area contributed by atoms with Crippen LogP contribution in [0.2, 0.25) is 0 Å². The van der Waals surface area contributed by atoms with E-state index in [0.717, 1.165) is 37.7 Å². The molecule has 0 unspecified atom stereocenters. The van der Waals surface area contributed by atoms with Crippen molar-refractivity contribution in [3.8, 4) is 11.5 Å². The SMILES string of the molecule is CCCCCc1ccc(C(=O)O)cc1.CCCCCc1ccc(C(=O)Oc2cc(F)c(F)c(F)c2)cc1.ClCCl.Oc1cc(F)c(F)c(F)c1. The second kappa shape index (κ2) is 24.0. The Morgan fingerprint density at radius 2 is 0.980 bits per heavy atom. The van der Waals surface area contributed by atoms with E-state index in [1.165, 1.54) is 24.8 Å². The smallest absolute Gasteiger partial charge is 0.343 e. The quantitative estimate of drug-likeness (QED) is 0.0399. The molecule has 2 N–H and O–H groups in total. The number of carbonyl (C=O) groups is 2. The summed E-state index contributed by atoms with van der Waals surface area (Å²) in [6.45, 7) is 4.30. The number of ether oxygens (including phenoxy) is 1. The van der Waals surface area contributed by atoms with Gasteiger partial charge in [0.15, 0.2) is 34.9 Å². The summed E-state index contributed by atoms with van der Waals surface area (Å²) in [5.41, 5.74) is 2.95. The molecular formula is C37H38Cl2F6O5. The average molecular weight is 748 g/mol. The normalized spacial score (nSPS) is 10.0. The predicted molar refractivity (Wildman–Crippen MR) is 182 cm³/mol. The number of aryl methyl sites for hydroxylation is 2. The number of alkyl halides is 2. The van der Waals surface area contributed by atoms with Crippen molar-refractivity contribution in [2.75, 3.05) is 5.34 Å². The highest BCUT2D eigenvalue weighted by Crippen LogP contribution is 2.21. The number of esters is 1. The van der Waals surface area contributed by atoms with Gasteiger partial charge in [0, 0.05) is 24.3 Å². The highest BCUT2D eigenvalue weighted by atomic mass is 35.5. The first-order chi connectivity index (χ1) is 23.8. The molecular weight excluding hydrogens is 709 g/mol. The predicted octanol–water partition coefficient (Wildman–Crippen LogP) is 11.4. The molecule has 0 aliphatic rings. The molecule has 0 radical (unpaired) electrons. The van der Waals surface area contributed by atoms with E-state index in [9.17, 15) is 35.9 Å². The molecule has 5 nitrogen and oxygen atoms in total. The van der Waals surface area contributed by atoms with Gasteiger partial charge in [-0.05, 0) is 61.1 Å². The number of hydrogen-bond acceptors (Lipinski definition) is 4. The fourth-order valence-electron chi connectivity index (χ4n) is 4.08. The lowest BCUT2D eigenvalue weighted by Crippen LogP contribution is -2.09. The molecule has 0 aliphatic carbocycles. The molecule has 0 saturated heterocycles. The number of carboxylic acid groups (broad SMARTS) is 1. The maximum atomic E-state index is 13.1. The molecule has 0 bridgehead atoms. The first-order valence-electron chi connectivity index (χ1n) is 15.5. The van der Waals surface area contributed by atoms with Crippen LogP contribution < -0.4 is 4.74 Å². The van der Waals surface area contributed by atoms with E-state index >= 15 is 0 Å². The first-order valence-corrected chi connectivity index (χ1v) is 16.6. The van der Waals surface area contributed by atoms with E-state index in [1.54, 1.807) is 24.3 Å². The standard InChI is InChI=1S/C18H17F3O2.C12H16O2.C6H3F3O.CH2Cl2/c1-2-3-4-5-12-6-8-13(9-7-12)18(22)23-14-10-15(19)17(21)16(20)11-14;1-2-3-4-5-10-6-8-11(9-7-10)12(13)14;7-4-1-3(10)2-5(8)6(4)9;2-1-3/h6-11H,2-5H2,1H3;6-9H,2-5H2,1H3,(H,13,14);1-2,10H;1H2. The highest BCUT2D eigenvalue weighted by molar-refractivity contribution is 6.40. The summed E-state index contributed by atoms with van der Waals surface area (Å²) < 4.78 is 80.1. The van der Waals surface area contributed by atoms with Gasteiger partial charge in [0.2, 0.25) is 0 Å². The van der Waals surface area contributed by atoms with Crippen LogP contribution in [0.5, 0.6) is 11.5 Å². The van der Waals surface area contributed by atoms with Crippen molar-refractivity contribution < 1.29 is 50.9 Å². The summed E-state index contributed by atoms with van der Waals surface area (Å²) in [6.07, 6.45) is 8.97. The number of rotatable bonds is 11.